The summed E-state index contributed by atoms with van der Waals surface area (Å²) >= 11 is 0. The number of fused-ring (bicyclic) bond motifs is 3. The molecule has 6 aromatic carbocycles. The van der Waals surface area contributed by atoms with Crippen molar-refractivity contribution in [3.63, 3.8) is 0 Å². The number of aryl methyl sites for hydroxylation is 1. The lowest BCUT2D eigenvalue weighted by Gasteiger charge is -2.19. The first-order valence-electron chi connectivity index (χ1n) is 16.8. The first kappa shape index (κ1) is 28.8. The summed E-state index contributed by atoms with van der Waals surface area (Å²) in [6, 6.07) is 57.2. The van der Waals surface area contributed by atoms with Gasteiger partial charge in [0.1, 0.15) is 0 Å². The maximum Gasteiger partial charge on any atom is 0.164 e. The van der Waals surface area contributed by atoms with Crippen LogP contribution < -0.4 is 0 Å². The molecule has 4 heteroatoms. The van der Waals surface area contributed by atoms with Gasteiger partial charge in [0.15, 0.2) is 17.5 Å². The van der Waals surface area contributed by atoms with Gasteiger partial charge in [0.05, 0.1) is 16.9 Å². The minimum Gasteiger partial charge on any atom is -0.309 e. The second-order valence-corrected chi connectivity index (χ2v) is 12.4. The number of hydrogen-bond acceptors (Lipinski definition) is 3. The first-order valence-corrected chi connectivity index (χ1v) is 16.8. The molecule has 0 atom stereocenters. The number of allylic oxidation sites excluding steroid dienone is 1. The van der Waals surface area contributed by atoms with Crippen LogP contribution in [0.4, 0.5) is 0 Å². The normalized spacial score (nSPS) is 12.4. The van der Waals surface area contributed by atoms with Crippen molar-refractivity contribution in [1.29, 1.82) is 0 Å². The summed E-state index contributed by atoms with van der Waals surface area (Å²) in [6.07, 6.45) is 4.45. The topological polar surface area (TPSA) is 43.6 Å². The Balaban J connectivity index is 1.15. The van der Waals surface area contributed by atoms with Crippen LogP contribution in [0, 0.1) is 0 Å². The molecule has 0 aliphatic heterocycles. The molecular formula is C45H32N4. The summed E-state index contributed by atoms with van der Waals surface area (Å²) in [4.78, 5) is 14.7. The molecule has 1 aliphatic carbocycles. The van der Waals surface area contributed by atoms with E-state index in [1.54, 1.807) is 0 Å². The van der Waals surface area contributed by atoms with Gasteiger partial charge < -0.3 is 4.57 Å². The van der Waals surface area contributed by atoms with E-state index in [9.17, 15) is 0 Å². The van der Waals surface area contributed by atoms with Gasteiger partial charge in [-0.15, -0.1) is 0 Å². The third-order valence-electron chi connectivity index (χ3n) is 9.42. The standard InChI is InChI=1S/C45H32N4/c1-4-14-31(15-5-1)36-28-29-39-38-21-11-13-23-41(38)49(42(39)30-36)40-22-12-10-20-37(40)32-24-26-35(27-25-32)45-47-43(33-16-6-2-7-17-33)46-44(48-45)34-18-8-3-9-19-34/h1-27,30H,28-29H2. The molecule has 0 bridgehead atoms. The van der Waals surface area contributed by atoms with Gasteiger partial charge in [-0.3, -0.25) is 0 Å². The van der Waals surface area contributed by atoms with E-state index in [0.29, 0.717) is 17.5 Å². The third-order valence-corrected chi connectivity index (χ3v) is 9.42. The Morgan fingerprint density at radius 3 is 1.53 bits per heavy atom. The van der Waals surface area contributed by atoms with E-state index < -0.39 is 0 Å². The second kappa shape index (κ2) is 12.3. The first-order chi connectivity index (χ1) is 24.3. The molecule has 0 fully saturated rings. The quantitative estimate of drug-likeness (QED) is 0.184. The molecule has 49 heavy (non-hydrogen) atoms. The molecule has 0 radical (unpaired) electrons. The highest BCUT2D eigenvalue weighted by molar-refractivity contribution is 5.96. The Hall–Kier alpha value is -6.39. The summed E-state index contributed by atoms with van der Waals surface area (Å²) in [7, 11) is 0. The summed E-state index contributed by atoms with van der Waals surface area (Å²) in [5.41, 5.74) is 12.9. The lowest BCUT2D eigenvalue weighted by atomic mass is 9.91. The van der Waals surface area contributed by atoms with Crippen LogP contribution in [0.25, 0.3) is 73.5 Å². The molecule has 0 spiro atoms. The van der Waals surface area contributed by atoms with Crippen LogP contribution in [0.15, 0.2) is 164 Å². The maximum absolute atomic E-state index is 4.94. The Kier molecular flexibility index (Phi) is 7.25. The van der Waals surface area contributed by atoms with Gasteiger partial charge in [-0.1, -0.05) is 152 Å². The summed E-state index contributed by atoms with van der Waals surface area (Å²) in [5.74, 6) is 1.97. The van der Waals surface area contributed by atoms with E-state index in [4.69, 9.17) is 15.0 Å². The molecule has 0 saturated heterocycles. The number of aromatic nitrogens is 4. The Bertz CT molecular complexity index is 2400. The number of para-hydroxylation sites is 2. The number of rotatable bonds is 6. The highest BCUT2D eigenvalue weighted by Crippen LogP contribution is 2.40. The zero-order valence-electron chi connectivity index (χ0n) is 26.9. The molecule has 0 amide bonds. The van der Waals surface area contributed by atoms with Crippen molar-refractivity contribution in [2.24, 2.45) is 0 Å². The molecule has 8 aromatic rings. The van der Waals surface area contributed by atoms with Crippen molar-refractivity contribution < 1.29 is 0 Å². The summed E-state index contributed by atoms with van der Waals surface area (Å²) in [6.45, 7) is 0. The van der Waals surface area contributed by atoms with Crippen molar-refractivity contribution in [3.05, 3.63) is 181 Å². The summed E-state index contributed by atoms with van der Waals surface area (Å²) in [5, 5.41) is 1.32. The smallest absolute Gasteiger partial charge is 0.164 e. The van der Waals surface area contributed by atoms with Crippen molar-refractivity contribution in [2.75, 3.05) is 0 Å². The monoisotopic (exact) mass is 628 g/mol. The molecule has 9 rings (SSSR count). The minimum absolute atomic E-state index is 0.650. The number of nitrogens with zero attached hydrogens (tertiary/aromatic N) is 4. The molecule has 0 unspecified atom stereocenters. The predicted molar refractivity (Wildman–Crippen MR) is 201 cm³/mol. The van der Waals surface area contributed by atoms with E-state index in [2.05, 4.69) is 114 Å². The van der Waals surface area contributed by atoms with Crippen molar-refractivity contribution >= 4 is 22.6 Å². The molecule has 1 aliphatic rings. The molecular weight excluding hydrogens is 597 g/mol. The number of hydrogen-bond donors (Lipinski definition) is 0. The van der Waals surface area contributed by atoms with Crippen molar-refractivity contribution in [2.45, 2.75) is 12.8 Å². The van der Waals surface area contributed by atoms with Gasteiger partial charge >= 0.3 is 0 Å². The van der Waals surface area contributed by atoms with E-state index in [1.807, 2.05) is 60.7 Å². The fraction of sp³-hybridized carbons (Fsp3) is 0.0444. The molecule has 2 aromatic heterocycles. The van der Waals surface area contributed by atoms with Gasteiger partial charge in [-0.25, -0.2) is 15.0 Å². The molecule has 0 saturated carbocycles. The Morgan fingerprint density at radius 2 is 0.898 bits per heavy atom. The van der Waals surface area contributed by atoms with E-state index in [1.165, 1.54) is 38.9 Å². The van der Waals surface area contributed by atoms with Crippen LogP contribution in [0.1, 0.15) is 23.2 Å². The second-order valence-electron chi connectivity index (χ2n) is 12.4. The minimum atomic E-state index is 0.650. The third kappa shape index (κ3) is 5.34. The predicted octanol–water partition coefficient (Wildman–Crippen LogP) is 11.0. The largest absolute Gasteiger partial charge is 0.309 e. The van der Waals surface area contributed by atoms with Crippen molar-refractivity contribution in [1.82, 2.24) is 19.5 Å². The molecule has 2 heterocycles. The Labute approximate surface area is 285 Å². The average molecular weight is 629 g/mol. The highest BCUT2D eigenvalue weighted by Gasteiger charge is 2.23. The van der Waals surface area contributed by atoms with Crippen LogP contribution in [-0.2, 0) is 6.42 Å². The molecule has 4 nitrogen and oxygen atoms in total. The highest BCUT2D eigenvalue weighted by atomic mass is 15.0. The van der Waals surface area contributed by atoms with E-state index >= 15 is 0 Å². The maximum atomic E-state index is 4.94. The average Bonchev–Trinajstić information content (AvgIpc) is 3.52. The molecule has 0 N–H and O–H groups in total. The summed E-state index contributed by atoms with van der Waals surface area (Å²) < 4.78 is 2.46. The van der Waals surface area contributed by atoms with Crippen LogP contribution in [-0.4, -0.2) is 19.5 Å². The fourth-order valence-corrected chi connectivity index (χ4v) is 7.03. The van der Waals surface area contributed by atoms with Crippen LogP contribution in [0.5, 0.6) is 0 Å². The van der Waals surface area contributed by atoms with E-state index in [-0.39, 0.29) is 0 Å². The Morgan fingerprint density at radius 1 is 0.408 bits per heavy atom. The van der Waals surface area contributed by atoms with Crippen LogP contribution >= 0.6 is 0 Å². The van der Waals surface area contributed by atoms with E-state index in [0.717, 1.165) is 40.8 Å². The zero-order chi connectivity index (χ0) is 32.6. The van der Waals surface area contributed by atoms with Gasteiger partial charge in [-0.05, 0) is 53.3 Å². The van der Waals surface area contributed by atoms with Crippen molar-refractivity contribution in [3.8, 4) is 51.0 Å². The lowest BCUT2D eigenvalue weighted by molar-refractivity contribution is 0.981. The fourth-order valence-electron chi connectivity index (χ4n) is 7.03. The van der Waals surface area contributed by atoms with Crippen LogP contribution in [0.3, 0.4) is 0 Å². The molecule has 232 valence electrons. The SMILES string of the molecule is C1=C(c2ccccc2)CCc2c1n(-c1ccccc1-c1ccc(-c3nc(-c4ccccc4)nc(-c4ccccc4)n3)cc1)c1ccccc21. The van der Waals surface area contributed by atoms with Gasteiger partial charge in [0.2, 0.25) is 0 Å². The van der Waals surface area contributed by atoms with Crippen LogP contribution in [0.2, 0.25) is 0 Å². The lowest BCUT2D eigenvalue weighted by Crippen LogP contribution is -2.04. The zero-order valence-corrected chi connectivity index (χ0v) is 26.9. The van der Waals surface area contributed by atoms with Gasteiger partial charge in [-0.2, -0.15) is 0 Å². The van der Waals surface area contributed by atoms with Gasteiger partial charge in [0, 0.05) is 27.6 Å². The number of benzene rings is 6. The van der Waals surface area contributed by atoms with Gasteiger partial charge in [0.25, 0.3) is 0 Å².